The van der Waals surface area contributed by atoms with Gasteiger partial charge in [0.15, 0.2) is 0 Å². The Labute approximate surface area is 141 Å². The lowest BCUT2D eigenvalue weighted by atomic mass is 9.81. The first-order chi connectivity index (χ1) is 9.14. The molecule has 1 aliphatic rings. The van der Waals surface area contributed by atoms with E-state index in [9.17, 15) is 8.42 Å². The highest BCUT2D eigenvalue weighted by Crippen LogP contribution is 2.32. The number of nitrogens with two attached hydrogens (primary N) is 1. The molecule has 0 spiro atoms. The van der Waals surface area contributed by atoms with E-state index in [0.29, 0.717) is 24.4 Å². The molecule has 0 aliphatic carbocycles. The van der Waals surface area contributed by atoms with Crippen LogP contribution in [-0.4, -0.2) is 31.9 Å². The van der Waals surface area contributed by atoms with Crippen molar-refractivity contribution in [2.24, 2.45) is 11.1 Å². The minimum Gasteiger partial charge on any atom is -0.327 e. The number of hydrogen-bond acceptors (Lipinski definition) is 3. The Bertz CT molecular complexity index is 619. The van der Waals surface area contributed by atoms with Crippen LogP contribution in [0.15, 0.2) is 27.6 Å². The van der Waals surface area contributed by atoms with E-state index in [-0.39, 0.29) is 23.9 Å². The van der Waals surface area contributed by atoms with Gasteiger partial charge in [-0.1, -0.05) is 29.8 Å². The molecular weight excluding hydrogens is 376 g/mol. The third kappa shape index (κ3) is 3.79. The molecule has 1 atom stereocenters. The lowest BCUT2D eigenvalue weighted by Gasteiger charge is -2.41. The number of piperidine rings is 1. The van der Waals surface area contributed by atoms with Crippen LogP contribution in [0.2, 0.25) is 0 Å². The summed E-state index contributed by atoms with van der Waals surface area (Å²) in [5.41, 5.74) is 6.79. The summed E-state index contributed by atoms with van der Waals surface area (Å²) < 4.78 is 27.9. The minimum absolute atomic E-state index is 0. The van der Waals surface area contributed by atoms with Crippen LogP contribution in [0.1, 0.15) is 25.8 Å². The van der Waals surface area contributed by atoms with Crippen LogP contribution in [0.4, 0.5) is 0 Å². The fourth-order valence-electron chi connectivity index (χ4n) is 2.46. The molecule has 4 nitrogen and oxygen atoms in total. The van der Waals surface area contributed by atoms with E-state index in [2.05, 4.69) is 15.9 Å². The monoisotopic (exact) mass is 396 g/mol. The largest absolute Gasteiger partial charge is 0.327 e. The average Bonchev–Trinajstić information content (AvgIpc) is 2.35. The molecule has 21 heavy (non-hydrogen) atoms. The number of aryl methyl sites for hydroxylation is 1. The zero-order valence-electron chi connectivity index (χ0n) is 12.5. The number of benzene rings is 1. The number of nitrogens with zero attached hydrogens (tertiary/aromatic N) is 1. The number of rotatable bonds is 2. The Morgan fingerprint density at radius 3 is 2.52 bits per heavy atom. The summed E-state index contributed by atoms with van der Waals surface area (Å²) in [4.78, 5) is 0.351. The van der Waals surface area contributed by atoms with Gasteiger partial charge in [-0.15, -0.1) is 12.4 Å². The summed E-state index contributed by atoms with van der Waals surface area (Å²) in [5.74, 6) is 0. The first-order valence-electron chi connectivity index (χ1n) is 6.66. The fourth-order valence-corrected chi connectivity index (χ4v) is 4.42. The maximum atomic E-state index is 12.7. The average molecular weight is 398 g/mol. The molecule has 1 fully saturated rings. The lowest BCUT2D eigenvalue weighted by molar-refractivity contribution is 0.155. The van der Waals surface area contributed by atoms with Gasteiger partial charge in [0, 0.05) is 23.6 Å². The van der Waals surface area contributed by atoms with Crippen molar-refractivity contribution in [3.8, 4) is 0 Å². The molecule has 1 saturated heterocycles. The summed E-state index contributed by atoms with van der Waals surface area (Å²) in [7, 11) is -3.44. The number of sulfonamides is 1. The Balaban J connectivity index is 0.00000220. The van der Waals surface area contributed by atoms with Crippen LogP contribution in [-0.2, 0) is 10.0 Å². The van der Waals surface area contributed by atoms with Crippen molar-refractivity contribution < 1.29 is 8.42 Å². The van der Waals surface area contributed by atoms with Crippen molar-refractivity contribution in [3.05, 3.63) is 28.2 Å². The summed E-state index contributed by atoms with van der Waals surface area (Å²) in [5, 5.41) is 0. The highest BCUT2D eigenvalue weighted by molar-refractivity contribution is 9.10. The van der Waals surface area contributed by atoms with Gasteiger partial charge in [-0.05, 0) is 42.5 Å². The first-order valence-corrected chi connectivity index (χ1v) is 8.90. The van der Waals surface area contributed by atoms with Crippen LogP contribution in [0.3, 0.4) is 0 Å². The molecule has 7 heteroatoms. The van der Waals surface area contributed by atoms with Crippen molar-refractivity contribution in [3.63, 3.8) is 0 Å². The van der Waals surface area contributed by atoms with Crippen LogP contribution in [0, 0.1) is 12.3 Å². The van der Waals surface area contributed by atoms with Gasteiger partial charge in [0.2, 0.25) is 10.0 Å². The van der Waals surface area contributed by atoms with Crippen LogP contribution >= 0.6 is 28.3 Å². The maximum Gasteiger partial charge on any atom is 0.243 e. The molecule has 120 valence electrons. The Kier molecular flexibility index (Phi) is 5.89. The van der Waals surface area contributed by atoms with E-state index in [1.54, 1.807) is 22.5 Å². The third-order valence-electron chi connectivity index (χ3n) is 4.04. The van der Waals surface area contributed by atoms with Gasteiger partial charge in [-0.2, -0.15) is 4.31 Å². The molecule has 1 aliphatic heterocycles. The molecule has 0 amide bonds. The van der Waals surface area contributed by atoms with Gasteiger partial charge in [0.25, 0.3) is 0 Å². The molecule has 2 N–H and O–H groups in total. The molecule has 0 saturated carbocycles. The molecule has 0 radical (unpaired) electrons. The Morgan fingerprint density at radius 2 is 2.00 bits per heavy atom. The van der Waals surface area contributed by atoms with E-state index in [0.717, 1.165) is 10.0 Å². The van der Waals surface area contributed by atoms with Gasteiger partial charge in [-0.3, -0.25) is 0 Å². The normalized spacial score (nSPS) is 22.6. The molecular formula is C14H22BrClN2O2S. The van der Waals surface area contributed by atoms with Gasteiger partial charge in [-0.25, -0.2) is 8.42 Å². The second-order valence-corrected chi connectivity index (χ2v) is 8.93. The number of hydrogen-bond donors (Lipinski definition) is 1. The van der Waals surface area contributed by atoms with E-state index in [1.165, 1.54) is 0 Å². The standard InChI is InChI=1S/C14H21BrN2O2S.ClH/c1-10-8-11(4-5-12(10)15)20(18,19)17-7-6-13(16)14(2,3)9-17;/h4-5,8,13H,6-7,9,16H2,1-3H3;1H. The summed E-state index contributed by atoms with van der Waals surface area (Å²) in [6, 6.07) is 5.18. The summed E-state index contributed by atoms with van der Waals surface area (Å²) in [6.45, 7) is 6.88. The van der Waals surface area contributed by atoms with Crippen molar-refractivity contribution in [1.29, 1.82) is 0 Å². The molecule has 1 aromatic carbocycles. The van der Waals surface area contributed by atoms with Crippen LogP contribution in [0.5, 0.6) is 0 Å². The van der Waals surface area contributed by atoms with E-state index >= 15 is 0 Å². The Morgan fingerprint density at radius 1 is 1.38 bits per heavy atom. The third-order valence-corrected chi connectivity index (χ3v) is 6.78. The van der Waals surface area contributed by atoms with Crippen molar-refractivity contribution in [2.75, 3.05) is 13.1 Å². The van der Waals surface area contributed by atoms with Gasteiger partial charge in [0.1, 0.15) is 0 Å². The second-order valence-electron chi connectivity index (χ2n) is 6.13. The van der Waals surface area contributed by atoms with Gasteiger partial charge < -0.3 is 5.73 Å². The van der Waals surface area contributed by atoms with Gasteiger partial charge in [0.05, 0.1) is 4.90 Å². The lowest BCUT2D eigenvalue weighted by Crippen LogP contribution is -2.53. The molecule has 0 aromatic heterocycles. The SMILES string of the molecule is Cc1cc(S(=O)(=O)N2CCC(N)C(C)(C)C2)ccc1Br.Cl. The zero-order chi connectivity index (χ0) is 15.1. The molecule has 1 aromatic rings. The van der Waals surface area contributed by atoms with Crippen molar-refractivity contribution in [2.45, 2.75) is 38.1 Å². The van der Waals surface area contributed by atoms with Crippen LogP contribution < -0.4 is 5.73 Å². The highest BCUT2D eigenvalue weighted by Gasteiger charge is 2.38. The fraction of sp³-hybridized carbons (Fsp3) is 0.571. The van der Waals surface area contributed by atoms with Crippen molar-refractivity contribution >= 4 is 38.4 Å². The summed E-state index contributed by atoms with van der Waals surface area (Å²) in [6.07, 6.45) is 0.696. The molecule has 0 bridgehead atoms. The first kappa shape index (κ1) is 18.9. The minimum atomic E-state index is -3.44. The molecule has 2 rings (SSSR count). The van der Waals surface area contributed by atoms with E-state index < -0.39 is 10.0 Å². The molecule has 1 heterocycles. The predicted molar refractivity (Wildman–Crippen MR) is 91.3 cm³/mol. The smallest absolute Gasteiger partial charge is 0.243 e. The molecule has 1 unspecified atom stereocenters. The van der Waals surface area contributed by atoms with E-state index in [1.807, 2.05) is 20.8 Å². The number of halogens is 2. The topological polar surface area (TPSA) is 63.4 Å². The van der Waals surface area contributed by atoms with Gasteiger partial charge >= 0.3 is 0 Å². The van der Waals surface area contributed by atoms with Crippen molar-refractivity contribution in [1.82, 2.24) is 4.31 Å². The quantitative estimate of drug-likeness (QED) is 0.834. The van der Waals surface area contributed by atoms with E-state index in [4.69, 9.17) is 5.73 Å². The van der Waals surface area contributed by atoms with Crippen LogP contribution in [0.25, 0.3) is 0 Å². The maximum absolute atomic E-state index is 12.7. The predicted octanol–water partition coefficient (Wildman–Crippen LogP) is 2.93. The zero-order valence-corrected chi connectivity index (χ0v) is 15.7. The highest BCUT2D eigenvalue weighted by atomic mass is 79.9. The summed E-state index contributed by atoms with van der Waals surface area (Å²) >= 11 is 3.39. The second kappa shape index (κ2) is 6.54. The Hall–Kier alpha value is -0.140.